The van der Waals surface area contributed by atoms with E-state index < -0.39 is 17.8 Å². The van der Waals surface area contributed by atoms with Crippen molar-refractivity contribution in [2.75, 3.05) is 18.4 Å². The van der Waals surface area contributed by atoms with Crippen LogP contribution in [0.2, 0.25) is 10.0 Å². The molecular formula is C28H24Cl2F3N5O. The number of fused-ring (bicyclic) bond motifs is 3. The van der Waals surface area contributed by atoms with Crippen LogP contribution in [-0.4, -0.2) is 50.4 Å². The first-order valence-corrected chi connectivity index (χ1v) is 13.3. The number of pyridine rings is 1. The van der Waals surface area contributed by atoms with Crippen LogP contribution in [0.4, 0.5) is 23.7 Å². The Morgan fingerprint density at radius 3 is 2.41 bits per heavy atom. The molecule has 2 aromatic heterocycles. The minimum atomic E-state index is -4.53. The molecule has 4 heterocycles. The number of halogens is 5. The number of carbonyl (C=O) groups excluding carboxylic acids is 1. The Kier molecular flexibility index (Phi) is 6.69. The number of nitrogens with one attached hydrogen (secondary N) is 1. The number of carbonyl (C=O) groups is 1. The van der Waals surface area contributed by atoms with Crippen molar-refractivity contribution in [2.24, 2.45) is 0 Å². The number of amides is 2. The summed E-state index contributed by atoms with van der Waals surface area (Å²) < 4.78 is 41.7. The van der Waals surface area contributed by atoms with Gasteiger partial charge in [0, 0.05) is 48.5 Å². The van der Waals surface area contributed by atoms with Gasteiger partial charge in [-0.15, -0.1) is 0 Å². The van der Waals surface area contributed by atoms with Crippen molar-refractivity contribution < 1.29 is 18.0 Å². The normalized spacial score (nSPS) is 19.6. The van der Waals surface area contributed by atoms with Gasteiger partial charge >= 0.3 is 12.2 Å². The van der Waals surface area contributed by atoms with Crippen molar-refractivity contribution in [3.05, 3.63) is 88.2 Å². The Labute approximate surface area is 232 Å². The molecule has 2 aromatic carbocycles. The average molecular weight is 574 g/mol. The fourth-order valence-corrected chi connectivity index (χ4v) is 5.97. The van der Waals surface area contributed by atoms with Crippen LogP contribution in [0.1, 0.15) is 24.1 Å². The van der Waals surface area contributed by atoms with Crippen LogP contribution >= 0.6 is 23.2 Å². The third-order valence-corrected chi connectivity index (χ3v) is 8.03. The Balaban J connectivity index is 1.22. The van der Waals surface area contributed by atoms with Gasteiger partial charge in [-0.1, -0.05) is 41.4 Å². The van der Waals surface area contributed by atoms with Crippen molar-refractivity contribution in [1.29, 1.82) is 0 Å². The highest BCUT2D eigenvalue weighted by Gasteiger charge is 2.43. The van der Waals surface area contributed by atoms with Crippen LogP contribution in [0.15, 0.2) is 66.9 Å². The molecule has 1 N–H and O–H groups in total. The molecule has 202 valence electrons. The second kappa shape index (κ2) is 10.0. The number of anilines is 1. The molecule has 0 radical (unpaired) electrons. The van der Waals surface area contributed by atoms with Crippen molar-refractivity contribution in [3.63, 3.8) is 0 Å². The summed E-state index contributed by atoms with van der Waals surface area (Å²) in [4.78, 5) is 22.2. The fraction of sp³-hybridized carbons (Fsp3) is 0.286. The largest absolute Gasteiger partial charge is 0.416 e. The van der Waals surface area contributed by atoms with E-state index in [9.17, 15) is 18.0 Å². The average Bonchev–Trinajstić information content (AvgIpc) is 3.39. The molecule has 11 heteroatoms. The molecule has 2 amide bonds. The number of imidazole rings is 1. The molecule has 2 saturated heterocycles. The maximum atomic E-state index is 13.2. The SMILES string of the molecule is O=C(Nc1cc(C(F)(F)F)ccc1Cl)N1C2CCC1CN(Cc1c(-c3ccc(Cl)cc3)nc3ccccn13)C2. The molecule has 2 unspecified atom stereocenters. The second-order valence-electron chi connectivity index (χ2n) is 9.95. The first-order chi connectivity index (χ1) is 18.7. The zero-order chi connectivity index (χ0) is 27.3. The number of benzene rings is 2. The van der Waals surface area contributed by atoms with Gasteiger partial charge in [-0.25, -0.2) is 9.78 Å². The lowest BCUT2D eigenvalue weighted by Gasteiger charge is -2.41. The number of hydrogen-bond donors (Lipinski definition) is 1. The summed E-state index contributed by atoms with van der Waals surface area (Å²) >= 11 is 12.2. The molecule has 2 aliphatic heterocycles. The van der Waals surface area contributed by atoms with Crippen molar-refractivity contribution >= 4 is 40.6 Å². The van der Waals surface area contributed by atoms with Crippen LogP contribution in [0.25, 0.3) is 16.9 Å². The maximum Gasteiger partial charge on any atom is 0.416 e. The lowest BCUT2D eigenvalue weighted by molar-refractivity contribution is -0.137. The van der Waals surface area contributed by atoms with Crippen LogP contribution in [-0.2, 0) is 12.7 Å². The van der Waals surface area contributed by atoms with Crippen molar-refractivity contribution in [3.8, 4) is 11.3 Å². The van der Waals surface area contributed by atoms with Gasteiger partial charge in [0.25, 0.3) is 0 Å². The summed E-state index contributed by atoms with van der Waals surface area (Å²) in [5, 5.41) is 3.34. The summed E-state index contributed by atoms with van der Waals surface area (Å²) in [7, 11) is 0. The number of urea groups is 1. The summed E-state index contributed by atoms with van der Waals surface area (Å²) in [5.74, 6) is 0. The minimum absolute atomic E-state index is 0.0448. The van der Waals surface area contributed by atoms with Gasteiger partial charge in [-0.2, -0.15) is 13.2 Å². The fourth-order valence-electron chi connectivity index (χ4n) is 5.68. The van der Waals surface area contributed by atoms with Gasteiger partial charge < -0.3 is 14.6 Å². The zero-order valence-electron chi connectivity index (χ0n) is 20.6. The van der Waals surface area contributed by atoms with Gasteiger partial charge in [0.2, 0.25) is 0 Å². The van der Waals surface area contributed by atoms with Crippen LogP contribution in [0.5, 0.6) is 0 Å². The second-order valence-corrected chi connectivity index (χ2v) is 10.8. The molecule has 4 aromatic rings. The van der Waals surface area contributed by atoms with Gasteiger partial charge in [-0.05, 0) is 55.3 Å². The van der Waals surface area contributed by atoms with Crippen LogP contribution in [0, 0.1) is 0 Å². The van der Waals surface area contributed by atoms with E-state index in [1.807, 2.05) is 48.7 Å². The molecule has 2 aliphatic rings. The molecule has 0 saturated carbocycles. The molecule has 39 heavy (non-hydrogen) atoms. The van der Waals surface area contributed by atoms with Crippen molar-refractivity contribution in [1.82, 2.24) is 19.2 Å². The third-order valence-electron chi connectivity index (χ3n) is 7.45. The predicted octanol–water partition coefficient (Wildman–Crippen LogP) is 7.21. The maximum absolute atomic E-state index is 13.2. The van der Waals surface area contributed by atoms with E-state index in [4.69, 9.17) is 28.2 Å². The predicted molar refractivity (Wildman–Crippen MR) is 145 cm³/mol. The van der Waals surface area contributed by atoms with Crippen LogP contribution < -0.4 is 5.32 Å². The van der Waals surface area contributed by atoms with Gasteiger partial charge in [0.15, 0.2) is 0 Å². The van der Waals surface area contributed by atoms with E-state index >= 15 is 0 Å². The highest BCUT2D eigenvalue weighted by molar-refractivity contribution is 6.33. The lowest BCUT2D eigenvalue weighted by atomic mass is 10.1. The van der Waals surface area contributed by atoms with Crippen LogP contribution in [0.3, 0.4) is 0 Å². The first kappa shape index (κ1) is 26.0. The van der Waals surface area contributed by atoms with Gasteiger partial charge in [-0.3, -0.25) is 4.90 Å². The molecule has 6 rings (SSSR count). The summed E-state index contributed by atoms with van der Waals surface area (Å²) in [5.41, 5.74) is 2.83. The number of piperazine rings is 1. The van der Waals surface area contributed by atoms with E-state index in [0.717, 1.165) is 53.6 Å². The number of nitrogens with zero attached hydrogens (tertiary/aromatic N) is 4. The van der Waals surface area contributed by atoms with E-state index in [1.165, 1.54) is 0 Å². The van der Waals surface area contributed by atoms with E-state index in [0.29, 0.717) is 24.7 Å². The summed E-state index contributed by atoms with van der Waals surface area (Å²) in [6, 6.07) is 15.9. The first-order valence-electron chi connectivity index (χ1n) is 12.6. The minimum Gasteiger partial charge on any atom is -0.316 e. The number of likely N-dealkylation sites (tertiary alicyclic amines) is 1. The molecule has 6 nitrogen and oxygen atoms in total. The Morgan fingerprint density at radius 2 is 1.72 bits per heavy atom. The summed E-state index contributed by atoms with van der Waals surface area (Å²) in [6.45, 7) is 1.91. The Morgan fingerprint density at radius 1 is 1.00 bits per heavy atom. The molecule has 2 atom stereocenters. The molecule has 2 fully saturated rings. The van der Waals surface area contributed by atoms with E-state index in [2.05, 4.69) is 14.6 Å². The molecular weight excluding hydrogens is 550 g/mol. The van der Waals surface area contributed by atoms with E-state index in [1.54, 1.807) is 4.90 Å². The van der Waals surface area contributed by atoms with E-state index in [-0.39, 0.29) is 22.8 Å². The number of rotatable bonds is 4. The molecule has 2 bridgehead atoms. The smallest absolute Gasteiger partial charge is 0.316 e. The molecule has 0 spiro atoms. The monoisotopic (exact) mass is 573 g/mol. The highest BCUT2D eigenvalue weighted by atomic mass is 35.5. The van der Waals surface area contributed by atoms with Gasteiger partial charge in [0.05, 0.1) is 27.7 Å². The zero-order valence-corrected chi connectivity index (χ0v) is 22.1. The Hall–Kier alpha value is -3.27. The van der Waals surface area contributed by atoms with Crippen molar-refractivity contribution in [2.45, 2.75) is 37.6 Å². The molecule has 0 aliphatic carbocycles. The third kappa shape index (κ3) is 5.06. The topological polar surface area (TPSA) is 52.9 Å². The summed E-state index contributed by atoms with van der Waals surface area (Å²) in [6.07, 6.45) is -0.893. The number of alkyl halides is 3. The highest BCUT2D eigenvalue weighted by Crippen LogP contribution is 2.36. The lowest BCUT2D eigenvalue weighted by Crippen LogP contribution is -2.56. The number of hydrogen-bond acceptors (Lipinski definition) is 3. The standard InChI is InChI=1S/C28H24Cl2F3N5O/c29-19-7-4-17(5-8-19)26-24(37-12-2-1-3-25(37)35-26)16-36-14-20-9-10-21(15-36)38(20)27(39)34-23-13-18(28(31,32)33)6-11-22(23)30/h1-8,11-13,20-21H,9-10,14-16H2,(H,34,39). The van der Waals surface area contributed by atoms with Gasteiger partial charge in [0.1, 0.15) is 5.65 Å². The quantitative estimate of drug-likeness (QED) is 0.280. The number of aromatic nitrogens is 2. The Bertz CT molecular complexity index is 1520.